The number of hydrogen-bond acceptors (Lipinski definition) is 4. The SMILES string of the molecule is CC(CNC1CC1)S(=O)(=O)Nc1ccccn1. The van der Waals surface area contributed by atoms with Gasteiger partial charge in [0.25, 0.3) is 0 Å². The molecule has 0 aromatic carbocycles. The van der Waals surface area contributed by atoms with Gasteiger partial charge in [-0.05, 0) is 31.9 Å². The van der Waals surface area contributed by atoms with Crippen LogP contribution >= 0.6 is 0 Å². The number of aromatic nitrogens is 1. The standard InChI is InChI=1S/C11H17N3O2S/c1-9(8-13-10-5-6-10)17(15,16)14-11-4-2-3-7-12-11/h2-4,7,9-10,13H,5-6,8H2,1H3,(H,12,14). The zero-order valence-corrected chi connectivity index (χ0v) is 10.6. The Balaban J connectivity index is 1.92. The summed E-state index contributed by atoms with van der Waals surface area (Å²) in [5.41, 5.74) is 0. The van der Waals surface area contributed by atoms with Gasteiger partial charge in [0.2, 0.25) is 10.0 Å². The van der Waals surface area contributed by atoms with Crippen molar-refractivity contribution in [1.82, 2.24) is 10.3 Å². The fourth-order valence-electron chi connectivity index (χ4n) is 1.40. The first kappa shape index (κ1) is 12.3. The van der Waals surface area contributed by atoms with E-state index in [-0.39, 0.29) is 0 Å². The Morgan fingerprint density at radius 1 is 1.47 bits per heavy atom. The van der Waals surface area contributed by atoms with Gasteiger partial charge in [0.15, 0.2) is 0 Å². The summed E-state index contributed by atoms with van der Waals surface area (Å²) >= 11 is 0. The topological polar surface area (TPSA) is 71.1 Å². The van der Waals surface area contributed by atoms with Crippen LogP contribution in [0.3, 0.4) is 0 Å². The predicted molar refractivity (Wildman–Crippen MR) is 67.3 cm³/mol. The first-order valence-corrected chi connectivity index (χ1v) is 7.28. The second-order valence-electron chi connectivity index (χ2n) is 4.36. The lowest BCUT2D eigenvalue weighted by molar-refractivity contribution is 0.576. The first-order chi connectivity index (χ1) is 8.08. The van der Waals surface area contributed by atoms with Crippen LogP contribution in [0.15, 0.2) is 24.4 Å². The average Bonchev–Trinajstić information content (AvgIpc) is 3.10. The fourth-order valence-corrected chi connectivity index (χ4v) is 2.33. The van der Waals surface area contributed by atoms with E-state index in [1.54, 1.807) is 31.3 Å². The van der Waals surface area contributed by atoms with Gasteiger partial charge < -0.3 is 5.32 Å². The summed E-state index contributed by atoms with van der Waals surface area (Å²) in [4.78, 5) is 3.94. The molecule has 0 aliphatic heterocycles. The van der Waals surface area contributed by atoms with Gasteiger partial charge in [0.1, 0.15) is 5.82 Å². The van der Waals surface area contributed by atoms with Crippen LogP contribution < -0.4 is 10.0 Å². The molecule has 1 aromatic rings. The molecular weight excluding hydrogens is 238 g/mol. The van der Waals surface area contributed by atoms with E-state index >= 15 is 0 Å². The van der Waals surface area contributed by atoms with Crippen molar-refractivity contribution in [3.05, 3.63) is 24.4 Å². The van der Waals surface area contributed by atoms with Crippen molar-refractivity contribution in [2.24, 2.45) is 0 Å². The maximum absolute atomic E-state index is 11.9. The quantitative estimate of drug-likeness (QED) is 0.794. The second-order valence-corrected chi connectivity index (χ2v) is 6.45. The zero-order chi connectivity index (χ0) is 12.3. The van der Waals surface area contributed by atoms with Gasteiger partial charge in [-0.2, -0.15) is 0 Å². The highest BCUT2D eigenvalue weighted by molar-refractivity contribution is 7.93. The van der Waals surface area contributed by atoms with Gasteiger partial charge in [0, 0.05) is 18.8 Å². The van der Waals surface area contributed by atoms with Crippen LogP contribution in [0, 0.1) is 0 Å². The highest BCUT2D eigenvalue weighted by atomic mass is 32.2. The molecule has 0 bridgehead atoms. The van der Waals surface area contributed by atoms with E-state index in [0.717, 1.165) is 12.8 Å². The summed E-state index contributed by atoms with van der Waals surface area (Å²) in [5, 5.41) is 2.74. The summed E-state index contributed by atoms with van der Waals surface area (Å²) in [7, 11) is -3.36. The molecule has 0 spiro atoms. The maximum Gasteiger partial charge on any atom is 0.237 e. The molecule has 0 saturated heterocycles. The molecule has 1 saturated carbocycles. The molecule has 2 rings (SSSR count). The van der Waals surface area contributed by atoms with Gasteiger partial charge in [-0.3, -0.25) is 4.72 Å². The molecule has 1 atom stereocenters. The zero-order valence-electron chi connectivity index (χ0n) is 9.76. The molecule has 1 aliphatic carbocycles. The van der Waals surface area contributed by atoms with Gasteiger partial charge >= 0.3 is 0 Å². The Morgan fingerprint density at radius 3 is 2.82 bits per heavy atom. The normalized spacial score (nSPS) is 17.7. The molecule has 17 heavy (non-hydrogen) atoms. The van der Waals surface area contributed by atoms with E-state index in [2.05, 4.69) is 15.0 Å². The van der Waals surface area contributed by atoms with Crippen LogP contribution in [0.2, 0.25) is 0 Å². The molecule has 1 heterocycles. The third-order valence-electron chi connectivity index (χ3n) is 2.71. The summed E-state index contributed by atoms with van der Waals surface area (Å²) in [6, 6.07) is 5.65. The van der Waals surface area contributed by atoms with Crippen molar-refractivity contribution in [2.75, 3.05) is 11.3 Å². The first-order valence-electron chi connectivity index (χ1n) is 5.74. The van der Waals surface area contributed by atoms with Gasteiger partial charge in [0.05, 0.1) is 5.25 Å². The number of rotatable bonds is 6. The van der Waals surface area contributed by atoms with E-state index in [4.69, 9.17) is 0 Å². The number of hydrogen-bond donors (Lipinski definition) is 2. The number of nitrogens with one attached hydrogen (secondary N) is 2. The van der Waals surface area contributed by atoms with E-state index in [0.29, 0.717) is 18.4 Å². The lowest BCUT2D eigenvalue weighted by Crippen LogP contribution is -2.35. The third-order valence-corrected chi connectivity index (χ3v) is 4.43. The van der Waals surface area contributed by atoms with Crippen molar-refractivity contribution < 1.29 is 8.42 Å². The van der Waals surface area contributed by atoms with Crippen molar-refractivity contribution in [3.8, 4) is 0 Å². The van der Waals surface area contributed by atoms with Crippen LogP contribution in [-0.4, -0.2) is 31.2 Å². The van der Waals surface area contributed by atoms with Crippen molar-refractivity contribution in [1.29, 1.82) is 0 Å². The fraction of sp³-hybridized carbons (Fsp3) is 0.545. The maximum atomic E-state index is 11.9. The van der Waals surface area contributed by atoms with E-state index in [1.165, 1.54) is 0 Å². The molecule has 2 N–H and O–H groups in total. The monoisotopic (exact) mass is 255 g/mol. The third kappa shape index (κ3) is 3.67. The predicted octanol–water partition coefficient (Wildman–Crippen LogP) is 0.964. The van der Waals surface area contributed by atoms with Crippen LogP contribution in [0.5, 0.6) is 0 Å². The Kier molecular flexibility index (Phi) is 3.63. The molecule has 1 fully saturated rings. The van der Waals surface area contributed by atoms with E-state index in [1.807, 2.05) is 0 Å². The molecule has 0 amide bonds. The van der Waals surface area contributed by atoms with Gasteiger partial charge in [-0.1, -0.05) is 6.07 Å². The summed E-state index contributed by atoms with van der Waals surface area (Å²) in [5.74, 6) is 0.366. The minimum absolute atomic E-state index is 0.366. The van der Waals surface area contributed by atoms with Crippen LogP contribution in [-0.2, 0) is 10.0 Å². The molecule has 1 unspecified atom stereocenters. The minimum Gasteiger partial charge on any atom is -0.313 e. The second kappa shape index (κ2) is 5.01. The highest BCUT2D eigenvalue weighted by Crippen LogP contribution is 2.19. The average molecular weight is 255 g/mol. The largest absolute Gasteiger partial charge is 0.313 e. The molecule has 0 radical (unpaired) electrons. The van der Waals surface area contributed by atoms with Crippen molar-refractivity contribution in [2.45, 2.75) is 31.1 Å². The Bertz CT molecular complexity index is 457. The molecule has 1 aliphatic rings. The highest BCUT2D eigenvalue weighted by Gasteiger charge is 2.25. The number of nitrogens with zero attached hydrogens (tertiary/aromatic N) is 1. The van der Waals surface area contributed by atoms with Gasteiger partial charge in [-0.25, -0.2) is 13.4 Å². The Hall–Kier alpha value is -1.14. The summed E-state index contributed by atoms with van der Waals surface area (Å²) in [6.07, 6.45) is 3.87. The smallest absolute Gasteiger partial charge is 0.237 e. The van der Waals surface area contributed by atoms with Crippen LogP contribution in [0.25, 0.3) is 0 Å². The molecule has 6 heteroatoms. The van der Waals surface area contributed by atoms with Gasteiger partial charge in [-0.15, -0.1) is 0 Å². The molecule has 1 aromatic heterocycles. The van der Waals surface area contributed by atoms with Crippen LogP contribution in [0.1, 0.15) is 19.8 Å². The molecule has 94 valence electrons. The number of pyridine rings is 1. The van der Waals surface area contributed by atoms with E-state index < -0.39 is 15.3 Å². The lowest BCUT2D eigenvalue weighted by atomic mass is 10.4. The molecule has 5 nitrogen and oxygen atoms in total. The van der Waals surface area contributed by atoms with Crippen molar-refractivity contribution in [3.63, 3.8) is 0 Å². The summed E-state index contributed by atoms with van der Waals surface area (Å²) < 4.78 is 26.4. The Labute approximate surface area is 102 Å². The lowest BCUT2D eigenvalue weighted by Gasteiger charge is -2.14. The number of sulfonamides is 1. The summed E-state index contributed by atoms with van der Waals surface area (Å²) in [6.45, 7) is 2.17. The van der Waals surface area contributed by atoms with Crippen molar-refractivity contribution >= 4 is 15.8 Å². The Morgan fingerprint density at radius 2 is 2.24 bits per heavy atom. The number of anilines is 1. The van der Waals surface area contributed by atoms with E-state index in [9.17, 15) is 8.42 Å². The van der Waals surface area contributed by atoms with Crippen LogP contribution in [0.4, 0.5) is 5.82 Å². The molecular formula is C11H17N3O2S. The minimum atomic E-state index is -3.36.